The molecule has 0 radical (unpaired) electrons. The fourth-order valence-electron chi connectivity index (χ4n) is 2.82. The van der Waals surface area contributed by atoms with Gasteiger partial charge in [-0.25, -0.2) is 8.42 Å². The molecule has 0 unspecified atom stereocenters. The van der Waals surface area contributed by atoms with E-state index in [1.807, 2.05) is 13.8 Å². The molecule has 8 nitrogen and oxygen atoms in total. The first kappa shape index (κ1) is 19.2. The number of rotatable bonds is 7. The van der Waals surface area contributed by atoms with Crippen molar-refractivity contribution in [3.8, 4) is 5.75 Å². The van der Waals surface area contributed by atoms with Crippen LogP contribution in [0.2, 0.25) is 0 Å². The molecule has 0 saturated carbocycles. The highest BCUT2D eigenvalue weighted by Gasteiger charge is 2.35. The first-order valence-electron chi connectivity index (χ1n) is 8.05. The maximum Gasteiger partial charge on any atom is 0.310 e. The topological polar surface area (TPSA) is 107 Å². The van der Waals surface area contributed by atoms with E-state index in [-0.39, 0.29) is 47.4 Å². The number of hydrogen-bond donors (Lipinski definition) is 0. The second-order valence-corrected chi connectivity index (χ2v) is 8.74. The summed E-state index contributed by atoms with van der Waals surface area (Å²) < 4.78 is 28.8. The number of nitro benzene ring substituents is 1. The Bertz CT molecular complexity index is 747. The van der Waals surface area contributed by atoms with Crippen molar-refractivity contribution in [3.63, 3.8) is 0 Å². The highest BCUT2D eigenvalue weighted by molar-refractivity contribution is 7.91. The molecule has 0 N–H and O–H groups in total. The van der Waals surface area contributed by atoms with Gasteiger partial charge in [-0.1, -0.05) is 26.0 Å². The van der Waals surface area contributed by atoms with E-state index < -0.39 is 14.8 Å². The minimum atomic E-state index is -3.12. The van der Waals surface area contributed by atoms with Gasteiger partial charge in [0.05, 0.1) is 16.4 Å². The molecule has 9 heteroatoms. The van der Waals surface area contributed by atoms with Crippen LogP contribution in [-0.2, 0) is 14.6 Å². The van der Waals surface area contributed by atoms with Gasteiger partial charge in [0.15, 0.2) is 22.2 Å². The normalized spacial score (nSPS) is 18.9. The Morgan fingerprint density at radius 2 is 2.08 bits per heavy atom. The maximum atomic E-state index is 12.6. The van der Waals surface area contributed by atoms with Gasteiger partial charge in [0.25, 0.3) is 5.91 Å². The lowest BCUT2D eigenvalue weighted by atomic mass is 10.1. The average molecular weight is 370 g/mol. The molecule has 1 aliphatic rings. The quantitative estimate of drug-likeness (QED) is 0.533. The number of carbonyl (C=O) groups is 1. The van der Waals surface area contributed by atoms with Crippen LogP contribution >= 0.6 is 0 Å². The lowest BCUT2D eigenvalue weighted by molar-refractivity contribution is -0.385. The summed E-state index contributed by atoms with van der Waals surface area (Å²) >= 11 is 0. The van der Waals surface area contributed by atoms with Crippen LogP contribution < -0.4 is 4.74 Å². The minimum absolute atomic E-state index is 0.0180. The third-order valence-electron chi connectivity index (χ3n) is 3.94. The van der Waals surface area contributed by atoms with Gasteiger partial charge in [0, 0.05) is 18.7 Å². The molecule has 1 aromatic rings. The van der Waals surface area contributed by atoms with E-state index in [0.29, 0.717) is 13.0 Å². The van der Waals surface area contributed by atoms with E-state index in [1.165, 1.54) is 23.1 Å². The molecule has 2 rings (SSSR count). The van der Waals surface area contributed by atoms with Crippen LogP contribution in [-0.4, -0.2) is 54.8 Å². The highest BCUT2D eigenvalue weighted by atomic mass is 32.2. The van der Waals surface area contributed by atoms with Gasteiger partial charge in [-0.05, 0) is 18.4 Å². The van der Waals surface area contributed by atoms with E-state index >= 15 is 0 Å². The third-order valence-corrected chi connectivity index (χ3v) is 5.69. The molecule has 1 aliphatic heterocycles. The number of amides is 1. The second kappa shape index (κ2) is 7.81. The summed E-state index contributed by atoms with van der Waals surface area (Å²) in [5, 5.41) is 11.0. The SMILES string of the molecule is CC(C)CN(C(=O)COc1ccccc1[N+](=O)[O-])[C@H]1CCS(=O)(=O)C1. The Morgan fingerprint density at radius 3 is 2.64 bits per heavy atom. The molecule has 1 atom stereocenters. The Hall–Kier alpha value is -2.16. The zero-order chi connectivity index (χ0) is 18.6. The molecule has 1 fully saturated rings. The number of para-hydroxylation sites is 2. The highest BCUT2D eigenvalue weighted by Crippen LogP contribution is 2.26. The molecule has 1 amide bonds. The van der Waals surface area contributed by atoms with Gasteiger partial charge in [-0.2, -0.15) is 0 Å². The first-order valence-corrected chi connectivity index (χ1v) is 9.88. The maximum absolute atomic E-state index is 12.6. The predicted molar refractivity (Wildman–Crippen MR) is 92.2 cm³/mol. The third kappa shape index (κ3) is 5.15. The fourth-order valence-corrected chi connectivity index (χ4v) is 4.55. The first-order chi connectivity index (χ1) is 11.7. The Balaban J connectivity index is 2.09. The van der Waals surface area contributed by atoms with Crippen molar-refractivity contribution in [2.45, 2.75) is 26.3 Å². The largest absolute Gasteiger partial charge is 0.477 e. The summed E-state index contributed by atoms with van der Waals surface area (Å²) in [6.45, 7) is 3.92. The lowest BCUT2D eigenvalue weighted by Crippen LogP contribution is -2.45. The van der Waals surface area contributed by atoms with E-state index in [9.17, 15) is 23.3 Å². The number of hydrogen-bond acceptors (Lipinski definition) is 6. The van der Waals surface area contributed by atoms with Crippen molar-refractivity contribution >= 4 is 21.4 Å². The van der Waals surface area contributed by atoms with E-state index in [2.05, 4.69) is 0 Å². The zero-order valence-electron chi connectivity index (χ0n) is 14.3. The number of sulfone groups is 1. The Kier molecular flexibility index (Phi) is 5.99. The number of benzene rings is 1. The summed E-state index contributed by atoms with van der Waals surface area (Å²) in [7, 11) is -3.12. The fraction of sp³-hybridized carbons (Fsp3) is 0.562. The lowest BCUT2D eigenvalue weighted by Gasteiger charge is -2.29. The molecule has 1 saturated heterocycles. The molecule has 0 aliphatic carbocycles. The Morgan fingerprint density at radius 1 is 1.40 bits per heavy atom. The molecule has 138 valence electrons. The zero-order valence-corrected chi connectivity index (χ0v) is 15.1. The summed E-state index contributed by atoms with van der Waals surface area (Å²) in [5.41, 5.74) is -0.214. The summed E-state index contributed by atoms with van der Waals surface area (Å²) in [6, 6.07) is 5.46. The van der Waals surface area contributed by atoms with Crippen LogP contribution in [0, 0.1) is 16.0 Å². The second-order valence-electron chi connectivity index (χ2n) is 6.51. The van der Waals surface area contributed by atoms with Gasteiger partial charge in [-0.15, -0.1) is 0 Å². The number of ether oxygens (including phenoxy) is 1. The van der Waals surface area contributed by atoms with Crippen LogP contribution in [0.3, 0.4) is 0 Å². The summed E-state index contributed by atoms with van der Waals surface area (Å²) in [4.78, 5) is 24.5. The molecule has 0 spiro atoms. The molecular weight excluding hydrogens is 348 g/mol. The van der Waals surface area contributed by atoms with Crippen LogP contribution in [0.25, 0.3) is 0 Å². The summed E-state index contributed by atoms with van der Waals surface area (Å²) in [5.74, 6) is -0.154. The van der Waals surface area contributed by atoms with Crippen LogP contribution in [0.4, 0.5) is 5.69 Å². The van der Waals surface area contributed by atoms with Crippen LogP contribution in [0.5, 0.6) is 5.75 Å². The van der Waals surface area contributed by atoms with Crippen molar-refractivity contribution in [3.05, 3.63) is 34.4 Å². The minimum Gasteiger partial charge on any atom is -0.477 e. The van der Waals surface area contributed by atoms with Crippen molar-refractivity contribution in [2.75, 3.05) is 24.7 Å². The molecule has 0 aromatic heterocycles. The van der Waals surface area contributed by atoms with Gasteiger partial charge in [0.2, 0.25) is 0 Å². The van der Waals surface area contributed by atoms with E-state index in [0.717, 1.165) is 0 Å². The van der Waals surface area contributed by atoms with Gasteiger partial charge < -0.3 is 9.64 Å². The molecule has 1 heterocycles. The van der Waals surface area contributed by atoms with Gasteiger partial charge in [-0.3, -0.25) is 14.9 Å². The molecule has 1 aromatic carbocycles. The molecule has 25 heavy (non-hydrogen) atoms. The number of nitro groups is 1. The number of carbonyl (C=O) groups excluding carboxylic acids is 1. The van der Waals surface area contributed by atoms with Crippen molar-refractivity contribution in [2.24, 2.45) is 5.92 Å². The van der Waals surface area contributed by atoms with Crippen LogP contribution in [0.1, 0.15) is 20.3 Å². The smallest absolute Gasteiger partial charge is 0.310 e. The number of nitrogens with zero attached hydrogens (tertiary/aromatic N) is 2. The van der Waals surface area contributed by atoms with Crippen molar-refractivity contribution in [1.82, 2.24) is 4.90 Å². The molecule has 0 bridgehead atoms. The van der Waals surface area contributed by atoms with Crippen LogP contribution in [0.15, 0.2) is 24.3 Å². The summed E-state index contributed by atoms with van der Waals surface area (Å²) in [6.07, 6.45) is 0.409. The van der Waals surface area contributed by atoms with Crippen molar-refractivity contribution in [1.29, 1.82) is 0 Å². The standard InChI is InChI=1S/C16H22N2O6S/c1-12(2)9-17(13-7-8-25(22,23)11-13)16(19)10-24-15-6-4-3-5-14(15)18(20)21/h3-6,12-13H,7-11H2,1-2H3/t13-/m0/s1. The van der Waals surface area contributed by atoms with E-state index in [1.54, 1.807) is 6.07 Å². The van der Waals surface area contributed by atoms with Gasteiger partial charge >= 0.3 is 5.69 Å². The molecular formula is C16H22N2O6S. The average Bonchev–Trinajstić information content (AvgIpc) is 2.90. The van der Waals surface area contributed by atoms with E-state index in [4.69, 9.17) is 4.74 Å². The van der Waals surface area contributed by atoms with Gasteiger partial charge in [0.1, 0.15) is 0 Å². The monoisotopic (exact) mass is 370 g/mol. The Labute approximate surface area is 146 Å². The predicted octanol–water partition coefficient (Wildman–Crippen LogP) is 1.65. The van der Waals surface area contributed by atoms with Crippen molar-refractivity contribution < 1.29 is 22.9 Å².